The molecule has 0 spiro atoms. The van der Waals surface area contributed by atoms with Crippen molar-refractivity contribution in [1.82, 2.24) is 0 Å². The zero-order valence-electron chi connectivity index (χ0n) is 8.73. The van der Waals surface area contributed by atoms with Gasteiger partial charge in [0.1, 0.15) is 0 Å². The minimum absolute atomic E-state index is 0.165. The van der Waals surface area contributed by atoms with E-state index in [1.54, 1.807) is 6.92 Å². The number of carbonyl (C=O) groups excluding carboxylic acids is 1. The normalized spacial score (nSPS) is 22.8. The van der Waals surface area contributed by atoms with Gasteiger partial charge in [0.05, 0.1) is 19.1 Å². The first-order valence-electron chi connectivity index (χ1n) is 5.00. The third-order valence-corrected chi connectivity index (χ3v) is 2.83. The molecule has 2 unspecified atom stereocenters. The Kier molecular flexibility index (Phi) is 4.35. The van der Waals surface area contributed by atoms with E-state index in [1.807, 2.05) is 0 Å². The van der Waals surface area contributed by atoms with Crippen molar-refractivity contribution >= 4 is 5.97 Å². The zero-order chi connectivity index (χ0) is 10.6. The van der Waals surface area contributed by atoms with Crippen LogP contribution in [0.25, 0.3) is 0 Å². The van der Waals surface area contributed by atoms with E-state index in [0.29, 0.717) is 13.2 Å². The van der Waals surface area contributed by atoms with Gasteiger partial charge in [0.15, 0.2) is 0 Å². The Morgan fingerprint density at radius 2 is 2.07 bits per heavy atom. The molecule has 1 rings (SSSR count). The number of carbonyl (C=O) groups is 1. The molecule has 1 fully saturated rings. The first-order valence-corrected chi connectivity index (χ1v) is 5.00. The molecule has 1 heterocycles. The lowest BCUT2D eigenvalue weighted by molar-refractivity contribution is -0.151. The van der Waals surface area contributed by atoms with Crippen LogP contribution in [0.3, 0.4) is 0 Å². The SMILES string of the molecule is COC(=O)C(C)C(O)C1CCOCC1. The summed E-state index contributed by atoms with van der Waals surface area (Å²) < 4.78 is 9.78. The third kappa shape index (κ3) is 2.69. The summed E-state index contributed by atoms with van der Waals surface area (Å²) in [7, 11) is 1.34. The standard InChI is InChI=1S/C10H18O4/c1-7(10(12)13-2)9(11)8-3-5-14-6-4-8/h7-9,11H,3-6H2,1-2H3. The van der Waals surface area contributed by atoms with Gasteiger partial charge in [-0.2, -0.15) is 0 Å². The summed E-state index contributed by atoms with van der Waals surface area (Å²) in [6.45, 7) is 3.05. The van der Waals surface area contributed by atoms with Crippen molar-refractivity contribution < 1.29 is 19.4 Å². The molecule has 1 aliphatic heterocycles. The van der Waals surface area contributed by atoms with Crippen molar-refractivity contribution in [3.05, 3.63) is 0 Å². The predicted molar refractivity (Wildman–Crippen MR) is 50.7 cm³/mol. The van der Waals surface area contributed by atoms with Gasteiger partial charge in [0.25, 0.3) is 0 Å². The van der Waals surface area contributed by atoms with E-state index in [0.717, 1.165) is 12.8 Å². The minimum Gasteiger partial charge on any atom is -0.469 e. The quantitative estimate of drug-likeness (QED) is 0.680. The largest absolute Gasteiger partial charge is 0.469 e. The number of hydrogen-bond acceptors (Lipinski definition) is 4. The van der Waals surface area contributed by atoms with Gasteiger partial charge in [0.2, 0.25) is 0 Å². The van der Waals surface area contributed by atoms with Crippen molar-refractivity contribution in [2.45, 2.75) is 25.9 Å². The van der Waals surface area contributed by atoms with Crippen molar-refractivity contribution in [3.8, 4) is 0 Å². The second kappa shape index (κ2) is 5.32. The second-order valence-corrected chi connectivity index (χ2v) is 3.75. The highest BCUT2D eigenvalue weighted by molar-refractivity contribution is 5.72. The number of rotatable bonds is 3. The molecule has 1 aliphatic rings. The van der Waals surface area contributed by atoms with Crippen LogP contribution in [-0.2, 0) is 14.3 Å². The summed E-state index contributed by atoms with van der Waals surface area (Å²) >= 11 is 0. The fourth-order valence-corrected chi connectivity index (χ4v) is 1.79. The van der Waals surface area contributed by atoms with Gasteiger partial charge in [-0.25, -0.2) is 0 Å². The van der Waals surface area contributed by atoms with Gasteiger partial charge in [-0.1, -0.05) is 0 Å². The maximum Gasteiger partial charge on any atom is 0.311 e. The van der Waals surface area contributed by atoms with E-state index >= 15 is 0 Å². The molecule has 0 bridgehead atoms. The molecule has 14 heavy (non-hydrogen) atoms. The third-order valence-electron chi connectivity index (χ3n) is 2.83. The molecule has 4 nitrogen and oxygen atoms in total. The first kappa shape index (κ1) is 11.5. The highest BCUT2D eigenvalue weighted by atomic mass is 16.5. The molecule has 82 valence electrons. The number of esters is 1. The second-order valence-electron chi connectivity index (χ2n) is 3.75. The fraction of sp³-hybridized carbons (Fsp3) is 0.900. The van der Waals surface area contributed by atoms with E-state index in [9.17, 15) is 9.90 Å². The Morgan fingerprint density at radius 1 is 1.50 bits per heavy atom. The smallest absolute Gasteiger partial charge is 0.311 e. The summed E-state index contributed by atoms with van der Waals surface area (Å²) in [5.41, 5.74) is 0. The molecule has 0 radical (unpaired) electrons. The summed E-state index contributed by atoms with van der Waals surface area (Å²) in [5.74, 6) is -0.620. The molecule has 2 atom stereocenters. The maximum atomic E-state index is 11.2. The lowest BCUT2D eigenvalue weighted by atomic mass is 9.86. The highest BCUT2D eigenvalue weighted by Crippen LogP contribution is 2.24. The Hall–Kier alpha value is -0.610. The maximum absolute atomic E-state index is 11.2. The molecule has 0 aromatic rings. The van der Waals surface area contributed by atoms with Crippen LogP contribution in [0.15, 0.2) is 0 Å². The van der Waals surface area contributed by atoms with Crippen LogP contribution in [0.2, 0.25) is 0 Å². The number of aliphatic hydroxyl groups excluding tert-OH is 1. The van der Waals surface area contributed by atoms with E-state index < -0.39 is 12.0 Å². The van der Waals surface area contributed by atoms with Crippen LogP contribution < -0.4 is 0 Å². The molecule has 0 amide bonds. The van der Waals surface area contributed by atoms with Crippen LogP contribution in [0.1, 0.15) is 19.8 Å². The number of aliphatic hydroxyl groups is 1. The van der Waals surface area contributed by atoms with Crippen molar-refractivity contribution in [2.24, 2.45) is 11.8 Å². The molecular weight excluding hydrogens is 184 g/mol. The molecule has 0 aromatic heterocycles. The van der Waals surface area contributed by atoms with Gasteiger partial charge in [0, 0.05) is 13.2 Å². The van der Waals surface area contributed by atoms with Crippen LogP contribution in [0.4, 0.5) is 0 Å². The van der Waals surface area contributed by atoms with Crippen molar-refractivity contribution in [2.75, 3.05) is 20.3 Å². The Balaban J connectivity index is 2.45. The van der Waals surface area contributed by atoms with Gasteiger partial charge < -0.3 is 14.6 Å². The topological polar surface area (TPSA) is 55.8 Å². The van der Waals surface area contributed by atoms with Crippen LogP contribution in [0.5, 0.6) is 0 Å². The lowest BCUT2D eigenvalue weighted by Crippen LogP contribution is -2.36. The Labute approximate surface area is 84.2 Å². The van der Waals surface area contributed by atoms with E-state index in [-0.39, 0.29) is 11.9 Å². The van der Waals surface area contributed by atoms with Crippen LogP contribution >= 0.6 is 0 Å². The molecule has 0 aliphatic carbocycles. The number of hydrogen-bond donors (Lipinski definition) is 1. The first-order chi connectivity index (χ1) is 6.66. The van der Waals surface area contributed by atoms with Gasteiger partial charge in [-0.15, -0.1) is 0 Å². The molecule has 1 saturated heterocycles. The van der Waals surface area contributed by atoms with E-state index in [1.165, 1.54) is 7.11 Å². The zero-order valence-corrected chi connectivity index (χ0v) is 8.73. The Bertz CT molecular complexity index is 187. The van der Waals surface area contributed by atoms with Crippen molar-refractivity contribution in [3.63, 3.8) is 0 Å². The Morgan fingerprint density at radius 3 is 2.57 bits per heavy atom. The lowest BCUT2D eigenvalue weighted by Gasteiger charge is -2.29. The van der Waals surface area contributed by atoms with Crippen LogP contribution in [0, 0.1) is 11.8 Å². The fourth-order valence-electron chi connectivity index (χ4n) is 1.79. The summed E-state index contributed by atoms with van der Waals surface area (Å²) in [6.07, 6.45) is 1.04. The van der Waals surface area contributed by atoms with Crippen molar-refractivity contribution in [1.29, 1.82) is 0 Å². The number of ether oxygens (including phenoxy) is 2. The monoisotopic (exact) mass is 202 g/mol. The average molecular weight is 202 g/mol. The van der Waals surface area contributed by atoms with Crippen LogP contribution in [-0.4, -0.2) is 37.5 Å². The minimum atomic E-state index is -0.605. The average Bonchev–Trinajstić information content (AvgIpc) is 2.27. The summed E-state index contributed by atoms with van der Waals surface area (Å²) in [5, 5.41) is 9.89. The molecule has 1 N–H and O–H groups in total. The highest BCUT2D eigenvalue weighted by Gasteiger charge is 2.31. The predicted octanol–water partition coefficient (Wildman–Crippen LogP) is 0.583. The van der Waals surface area contributed by atoms with Gasteiger partial charge in [-0.05, 0) is 25.7 Å². The van der Waals surface area contributed by atoms with E-state index in [4.69, 9.17) is 4.74 Å². The molecule has 0 aromatic carbocycles. The van der Waals surface area contributed by atoms with Gasteiger partial charge >= 0.3 is 5.97 Å². The number of methoxy groups -OCH3 is 1. The molecule has 4 heteroatoms. The summed E-state index contributed by atoms with van der Waals surface area (Å²) in [6, 6.07) is 0. The summed E-state index contributed by atoms with van der Waals surface area (Å²) in [4.78, 5) is 11.2. The van der Waals surface area contributed by atoms with Gasteiger partial charge in [-0.3, -0.25) is 4.79 Å². The van der Waals surface area contributed by atoms with E-state index in [2.05, 4.69) is 4.74 Å². The molecule has 0 saturated carbocycles. The molecular formula is C10H18O4.